The number of piperidine rings is 1. The van der Waals surface area contributed by atoms with Crippen LogP contribution in [0.25, 0.3) is 5.65 Å². The van der Waals surface area contributed by atoms with Gasteiger partial charge >= 0.3 is 0 Å². The van der Waals surface area contributed by atoms with E-state index in [-0.39, 0.29) is 5.91 Å². The van der Waals surface area contributed by atoms with Crippen LogP contribution in [0.3, 0.4) is 0 Å². The maximum atomic E-state index is 11.9. The first-order valence-corrected chi connectivity index (χ1v) is 8.73. The number of aromatic nitrogens is 5. The molecular formula is C18H21N7O. The van der Waals surface area contributed by atoms with Crippen LogP contribution in [-0.4, -0.2) is 62.8 Å². The SMILES string of the molecule is CN(C)C(=O)c1ccc(N2CCC(c3nnc4ccccn34)CC2)nn1. The smallest absolute Gasteiger partial charge is 0.273 e. The van der Waals surface area contributed by atoms with Gasteiger partial charge in [0, 0.05) is 39.3 Å². The lowest BCUT2D eigenvalue weighted by Crippen LogP contribution is -2.34. The van der Waals surface area contributed by atoms with E-state index in [1.54, 1.807) is 20.2 Å². The molecule has 1 aliphatic rings. The average molecular weight is 351 g/mol. The molecule has 0 bridgehead atoms. The maximum Gasteiger partial charge on any atom is 0.273 e. The van der Waals surface area contributed by atoms with Crippen molar-refractivity contribution in [2.24, 2.45) is 0 Å². The van der Waals surface area contributed by atoms with Gasteiger partial charge in [-0.15, -0.1) is 20.4 Å². The number of hydrogen-bond acceptors (Lipinski definition) is 6. The van der Waals surface area contributed by atoms with Gasteiger partial charge in [-0.3, -0.25) is 9.20 Å². The molecule has 0 aromatic carbocycles. The Bertz CT molecular complexity index is 911. The van der Waals surface area contributed by atoms with E-state index in [1.165, 1.54) is 4.90 Å². The van der Waals surface area contributed by atoms with Gasteiger partial charge in [-0.1, -0.05) is 6.07 Å². The molecule has 0 unspecified atom stereocenters. The second kappa shape index (κ2) is 6.70. The number of carbonyl (C=O) groups excluding carboxylic acids is 1. The molecule has 1 amide bonds. The molecule has 1 fully saturated rings. The van der Waals surface area contributed by atoms with Crippen LogP contribution in [0.1, 0.15) is 35.1 Å². The van der Waals surface area contributed by atoms with Crippen molar-refractivity contribution in [2.45, 2.75) is 18.8 Å². The molecule has 3 aromatic heterocycles. The number of anilines is 1. The summed E-state index contributed by atoms with van der Waals surface area (Å²) in [4.78, 5) is 15.6. The van der Waals surface area contributed by atoms with Crippen molar-refractivity contribution in [3.8, 4) is 0 Å². The molecule has 0 aliphatic carbocycles. The van der Waals surface area contributed by atoms with Gasteiger partial charge in [0.05, 0.1) is 0 Å². The van der Waals surface area contributed by atoms with Crippen LogP contribution in [0.5, 0.6) is 0 Å². The third-order valence-corrected chi connectivity index (χ3v) is 4.80. The minimum atomic E-state index is -0.138. The summed E-state index contributed by atoms with van der Waals surface area (Å²) in [6.45, 7) is 1.75. The molecule has 4 rings (SSSR count). The van der Waals surface area contributed by atoms with E-state index < -0.39 is 0 Å². The van der Waals surface area contributed by atoms with Gasteiger partial charge in [-0.25, -0.2) is 0 Å². The molecule has 26 heavy (non-hydrogen) atoms. The molecular weight excluding hydrogens is 330 g/mol. The predicted molar refractivity (Wildman–Crippen MR) is 97.2 cm³/mol. The quantitative estimate of drug-likeness (QED) is 0.713. The summed E-state index contributed by atoms with van der Waals surface area (Å²) in [5, 5.41) is 17.0. The Morgan fingerprint density at radius 1 is 1.04 bits per heavy atom. The number of rotatable bonds is 3. The summed E-state index contributed by atoms with van der Waals surface area (Å²) in [6.07, 6.45) is 3.98. The molecule has 0 spiro atoms. The Hall–Kier alpha value is -3.03. The zero-order chi connectivity index (χ0) is 18.1. The van der Waals surface area contributed by atoms with Crippen molar-refractivity contribution in [2.75, 3.05) is 32.1 Å². The van der Waals surface area contributed by atoms with Crippen LogP contribution in [0.15, 0.2) is 36.5 Å². The molecule has 1 saturated heterocycles. The molecule has 3 aromatic rings. The van der Waals surface area contributed by atoms with Crippen molar-refractivity contribution in [1.29, 1.82) is 0 Å². The van der Waals surface area contributed by atoms with Crippen LogP contribution >= 0.6 is 0 Å². The highest BCUT2D eigenvalue weighted by Crippen LogP contribution is 2.28. The van der Waals surface area contributed by atoms with E-state index >= 15 is 0 Å². The number of nitrogens with zero attached hydrogens (tertiary/aromatic N) is 7. The molecule has 8 nitrogen and oxygen atoms in total. The lowest BCUT2D eigenvalue weighted by atomic mass is 9.96. The number of hydrogen-bond donors (Lipinski definition) is 0. The van der Waals surface area contributed by atoms with Crippen molar-refractivity contribution < 1.29 is 4.79 Å². The number of amides is 1. The number of carbonyl (C=O) groups is 1. The van der Waals surface area contributed by atoms with Gasteiger partial charge in [0.25, 0.3) is 5.91 Å². The second-order valence-corrected chi connectivity index (χ2v) is 6.72. The van der Waals surface area contributed by atoms with Crippen molar-refractivity contribution in [1.82, 2.24) is 29.7 Å². The van der Waals surface area contributed by atoms with E-state index in [1.807, 2.05) is 30.5 Å². The lowest BCUT2D eigenvalue weighted by molar-refractivity contribution is 0.0821. The van der Waals surface area contributed by atoms with Gasteiger partial charge in [-0.05, 0) is 37.1 Å². The Morgan fingerprint density at radius 3 is 2.54 bits per heavy atom. The highest BCUT2D eigenvalue weighted by molar-refractivity contribution is 5.91. The summed E-state index contributed by atoms with van der Waals surface area (Å²) in [5.41, 5.74) is 1.25. The second-order valence-electron chi connectivity index (χ2n) is 6.72. The van der Waals surface area contributed by atoms with Crippen molar-refractivity contribution in [3.63, 3.8) is 0 Å². The molecule has 0 saturated carbocycles. The van der Waals surface area contributed by atoms with E-state index in [2.05, 4.69) is 29.7 Å². The van der Waals surface area contributed by atoms with Crippen molar-refractivity contribution in [3.05, 3.63) is 48.0 Å². The van der Waals surface area contributed by atoms with Crippen LogP contribution in [-0.2, 0) is 0 Å². The number of fused-ring (bicyclic) bond motifs is 1. The Morgan fingerprint density at radius 2 is 1.85 bits per heavy atom. The van der Waals surface area contributed by atoms with Crippen LogP contribution in [0.4, 0.5) is 5.82 Å². The monoisotopic (exact) mass is 351 g/mol. The fourth-order valence-corrected chi connectivity index (χ4v) is 3.34. The first-order valence-electron chi connectivity index (χ1n) is 8.73. The van der Waals surface area contributed by atoms with Gasteiger partial charge in [-0.2, -0.15) is 0 Å². The highest BCUT2D eigenvalue weighted by Gasteiger charge is 2.25. The minimum Gasteiger partial charge on any atom is -0.355 e. The minimum absolute atomic E-state index is 0.138. The summed E-state index contributed by atoms with van der Waals surface area (Å²) in [5.74, 6) is 2.08. The van der Waals surface area contributed by atoms with Gasteiger partial charge in [0.2, 0.25) is 0 Å². The molecule has 0 atom stereocenters. The lowest BCUT2D eigenvalue weighted by Gasteiger charge is -2.31. The molecule has 4 heterocycles. The van der Waals surface area contributed by atoms with Gasteiger partial charge in [0.1, 0.15) is 5.82 Å². The van der Waals surface area contributed by atoms with E-state index in [9.17, 15) is 4.79 Å². The summed E-state index contributed by atoms with van der Waals surface area (Å²) < 4.78 is 2.07. The maximum absolute atomic E-state index is 11.9. The topological polar surface area (TPSA) is 79.5 Å². The van der Waals surface area contributed by atoms with Crippen LogP contribution < -0.4 is 4.90 Å². The number of pyridine rings is 1. The largest absolute Gasteiger partial charge is 0.355 e. The molecule has 1 aliphatic heterocycles. The standard InChI is InChI=1S/C18H21N7O/c1-23(2)18(26)14-6-7-15(20-19-14)24-11-8-13(9-12-24)17-22-21-16-5-3-4-10-25(16)17/h3-7,10,13H,8-9,11-12H2,1-2H3. The average Bonchev–Trinajstić information content (AvgIpc) is 3.12. The fourth-order valence-electron chi connectivity index (χ4n) is 3.34. The van der Waals surface area contributed by atoms with E-state index in [4.69, 9.17) is 0 Å². The Labute approximate surface area is 151 Å². The zero-order valence-corrected chi connectivity index (χ0v) is 14.9. The first-order chi connectivity index (χ1) is 12.6. The van der Waals surface area contributed by atoms with Crippen molar-refractivity contribution >= 4 is 17.4 Å². The van der Waals surface area contributed by atoms with Gasteiger partial charge < -0.3 is 9.80 Å². The fraction of sp³-hybridized carbons (Fsp3) is 0.389. The van der Waals surface area contributed by atoms with Gasteiger partial charge in [0.15, 0.2) is 17.2 Å². The third kappa shape index (κ3) is 2.98. The molecule has 0 radical (unpaired) electrons. The van der Waals surface area contributed by atoms with E-state index in [0.29, 0.717) is 11.6 Å². The first kappa shape index (κ1) is 16.4. The van der Waals surface area contributed by atoms with Crippen LogP contribution in [0.2, 0.25) is 0 Å². The molecule has 8 heteroatoms. The highest BCUT2D eigenvalue weighted by atomic mass is 16.2. The normalized spacial score (nSPS) is 15.4. The summed E-state index contributed by atoms with van der Waals surface area (Å²) in [7, 11) is 3.41. The predicted octanol–water partition coefficient (Wildman–Crippen LogP) is 1.61. The summed E-state index contributed by atoms with van der Waals surface area (Å²) in [6, 6.07) is 9.55. The van der Waals surface area contributed by atoms with E-state index in [0.717, 1.165) is 43.2 Å². The Balaban J connectivity index is 1.44. The molecule has 134 valence electrons. The third-order valence-electron chi connectivity index (χ3n) is 4.80. The zero-order valence-electron chi connectivity index (χ0n) is 14.9. The summed E-state index contributed by atoms with van der Waals surface area (Å²) >= 11 is 0. The van der Waals surface area contributed by atoms with Crippen LogP contribution in [0, 0.1) is 0 Å². The molecule has 0 N–H and O–H groups in total. The Kier molecular flexibility index (Phi) is 4.24.